The highest BCUT2D eigenvalue weighted by atomic mass is 35.5. The first kappa shape index (κ1) is 15.1. The second kappa shape index (κ2) is 6.45. The molecule has 0 atom stereocenters. The number of ether oxygens (including phenoxy) is 1. The molecule has 2 aromatic carbocycles. The number of rotatable bonds is 5. The molecule has 0 radical (unpaired) electrons. The summed E-state index contributed by atoms with van der Waals surface area (Å²) in [5.41, 5.74) is 2.43. The van der Waals surface area contributed by atoms with Gasteiger partial charge < -0.3 is 10.1 Å². The molecular weight excluding hydrogens is 292 g/mol. The SMILES string of the molecule is COc1ccccc1CNc1cc(Cl)c([N+](=O)[O-])cc1C. The average molecular weight is 307 g/mol. The zero-order valence-corrected chi connectivity index (χ0v) is 12.5. The van der Waals surface area contributed by atoms with E-state index in [1.54, 1.807) is 20.1 Å². The average Bonchev–Trinajstić information content (AvgIpc) is 2.47. The molecule has 0 aromatic heterocycles. The Labute approximate surface area is 127 Å². The minimum Gasteiger partial charge on any atom is -0.496 e. The van der Waals surface area contributed by atoms with Crippen LogP contribution in [0.1, 0.15) is 11.1 Å². The number of aryl methyl sites for hydroxylation is 1. The molecule has 5 nitrogen and oxygen atoms in total. The van der Waals surface area contributed by atoms with Gasteiger partial charge in [-0.05, 0) is 24.6 Å². The topological polar surface area (TPSA) is 64.4 Å². The van der Waals surface area contributed by atoms with Crippen LogP contribution in [0.3, 0.4) is 0 Å². The van der Waals surface area contributed by atoms with Crippen LogP contribution in [0.25, 0.3) is 0 Å². The minimum atomic E-state index is -0.487. The lowest BCUT2D eigenvalue weighted by Gasteiger charge is -2.12. The van der Waals surface area contributed by atoms with Gasteiger partial charge in [0.25, 0.3) is 5.69 Å². The summed E-state index contributed by atoms with van der Waals surface area (Å²) < 4.78 is 5.28. The predicted octanol–water partition coefficient (Wildman–Crippen LogP) is 4.18. The largest absolute Gasteiger partial charge is 0.496 e. The molecule has 0 fully saturated rings. The lowest BCUT2D eigenvalue weighted by molar-refractivity contribution is -0.384. The van der Waals surface area contributed by atoms with Crippen LogP contribution in [0.2, 0.25) is 5.02 Å². The number of nitro groups is 1. The molecule has 0 unspecified atom stereocenters. The fourth-order valence-corrected chi connectivity index (χ4v) is 2.27. The van der Waals surface area contributed by atoms with Crippen LogP contribution in [-0.2, 0) is 6.54 Å². The Morgan fingerprint density at radius 3 is 2.71 bits per heavy atom. The second-order valence-electron chi connectivity index (χ2n) is 4.54. The third-order valence-electron chi connectivity index (χ3n) is 3.15. The standard InChI is InChI=1S/C15H15ClN2O3/c1-10-7-14(18(19)20)12(16)8-13(10)17-9-11-5-3-4-6-15(11)21-2/h3-8,17H,9H2,1-2H3. The van der Waals surface area contributed by atoms with Crippen molar-refractivity contribution in [2.45, 2.75) is 13.5 Å². The maximum absolute atomic E-state index is 10.8. The molecule has 0 saturated heterocycles. The molecule has 0 spiro atoms. The van der Waals surface area contributed by atoms with Crippen molar-refractivity contribution >= 4 is 23.0 Å². The first-order valence-corrected chi connectivity index (χ1v) is 6.71. The van der Waals surface area contributed by atoms with Crippen molar-refractivity contribution in [2.24, 2.45) is 0 Å². The van der Waals surface area contributed by atoms with Gasteiger partial charge in [0.05, 0.1) is 12.0 Å². The number of anilines is 1. The molecule has 0 saturated carbocycles. The molecule has 2 rings (SSSR count). The summed E-state index contributed by atoms with van der Waals surface area (Å²) in [4.78, 5) is 10.3. The number of nitrogens with one attached hydrogen (secondary N) is 1. The molecule has 0 amide bonds. The Hall–Kier alpha value is -2.27. The summed E-state index contributed by atoms with van der Waals surface area (Å²) in [6.07, 6.45) is 0. The van der Waals surface area contributed by atoms with Gasteiger partial charge in [-0.15, -0.1) is 0 Å². The minimum absolute atomic E-state index is 0.0861. The first-order chi connectivity index (χ1) is 10.0. The van der Waals surface area contributed by atoms with Crippen LogP contribution in [0.5, 0.6) is 5.75 Å². The monoisotopic (exact) mass is 306 g/mol. The van der Waals surface area contributed by atoms with Gasteiger partial charge in [-0.2, -0.15) is 0 Å². The summed E-state index contributed by atoms with van der Waals surface area (Å²) >= 11 is 5.93. The van der Waals surface area contributed by atoms with Gasteiger partial charge in [-0.3, -0.25) is 10.1 Å². The molecule has 0 aliphatic rings. The summed E-state index contributed by atoms with van der Waals surface area (Å²) in [5.74, 6) is 0.788. The van der Waals surface area contributed by atoms with E-state index in [2.05, 4.69) is 5.32 Å². The summed E-state index contributed by atoms with van der Waals surface area (Å²) in [6.45, 7) is 2.34. The van der Waals surface area contributed by atoms with Crippen LogP contribution >= 0.6 is 11.6 Å². The van der Waals surface area contributed by atoms with E-state index in [-0.39, 0.29) is 10.7 Å². The van der Waals surface area contributed by atoms with Gasteiger partial charge >= 0.3 is 0 Å². The van der Waals surface area contributed by atoms with E-state index < -0.39 is 4.92 Å². The molecule has 0 bridgehead atoms. The fraction of sp³-hybridized carbons (Fsp3) is 0.200. The normalized spacial score (nSPS) is 10.2. The van der Waals surface area contributed by atoms with Gasteiger partial charge in [-0.1, -0.05) is 29.8 Å². The number of nitrogens with zero attached hydrogens (tertiary/aromatic N) is 1. The van der Waals surface area contributed by atoms with E-state index in [1.807, 2.05) is 24.3 Å². The van der Waals surface area contributed by atoms with E-state index in [0.29, 0.717) is 6.54 Å². The van der Waals surface area contributed by atoms with Gasteiger partial charge in [0.15, 0.2) is 0 Å². The molecule has 1 N–H and O–H groups in total. The number of benzene rings is 2. The van der Waals surface area contributed by atoms with Crippen LogP contribution < -0.4 is 10.1 Å². The van der Waals surface area contributed by atoms with Crippen LogP contribution in [0.15, 0.2) is 36.4 Å². The summed E-state index contributed by atoms with van der Waals surface area (Å²) in [7, 11) is 1.62. The highest BCUT2D eigenvalue weighted by Gasteiger charge is 2.15. The quantitative estimate of drug-likeness (QED) is 0.665. The van der Waals surface area contributed by atoms with E-state index in [9.17, 15) is 10.1 Å². The molecule has 0 heterocycles. The molecule has 2 aromatic rings. The zero-order chi connectivity index (χ0) is 15.4. The van der Waals surface area contributed by atoms with Gasteiger partial charge in [0, 0.05) is 23.9 Å². The number of methoxy groups -OCH3 is 1. The predicted molar refractivity (Wildman–Crippen MR) is 83.2 cm³/mol. The molecule has 6 heteroatoms. The lowest BCUT2D eigenvalue weighted by atomic mass is 10.1. The Kier molecular flexibility index (Phi) is 4.65. The smallest absolute Gasteiger partial charge is 0.288 e. The van der Waals surface area contributed by atoms with E-state index in [1.165, 1.54) is 6.07 Å². The molecule has 21 heavy (non-hydrogen) atoms. The molecule has 0 aliphatic heterocycles. The Balaban J connectivity index is 2.21. The van der Waals surface area contributed by atoms with Crippen LogP contribution in [0, 0.1) is 17.0 Å². The highest BCUT2D eigenvalue weighted by molar-refractivity contribution is 6.33. The Morgan fingerprint density at radius 2 is 2.05 bits per heavy atom. The maximum atomic E-state index is 10.8. The number of hydrogen-bond acceptors (Lipinski definition) is 4. The van der Waals surface area contributed by atoms with E-state index in [0.717, 1.165) is 22.6 Å². The first-order valence-electron chi connectivity index (χ1n) is 6.33. The summed E-state index contributed by atoms with van der Waals surface area (Å²) in [6, 6.07) is 10.7. The van der Waals surface area contributed by atoms with Crippen molar-refractivity contribution in [3.63, 3.8) is 0 Å². The van der Waals surface area contributed by atoms with Crippen molar-refractivity contribution in [3.8, 4) is 5.75 Å². The Morgan fingerprint density at radius 1 is 1.33 bits per heavy atom. The van der Waals surface area contributed by atoms with Crippen LogP contribution in [0.4, 0.5) is 11.4 Å². The maximum Gasteiger partial charge on any atom is 0.288 e. The number of halogens is 1. The molecular formula is C15H15ClN2O3. The molecule has 0 aliphatic carbocycles. The van der Waals surface area contributed by atoms with Gasteiger partial charge in [-0.25, -0.2) is 0 Å². The van der Waals surface area contributed by atoms with Crippen molar-refractivity contribution in [1.82, 2.24) is 0 Å². The van der Waals surface area contributed by atoms with Crippen molar-refractivity contribution in [2.75, 3.05) is 12.4 Å². The number of hydrogen-bond donors (Lipinski definition) is 1. The van der Waals surface area contributed by atoms with Gasteiger partial charge in [0.2, 0.25) is 0 Å². The van der Waals surface area contributed by atoms with E-state index >= 15 is 0 Å². The number of para-hydroxylation sites is 1. The Bertz CT molecular complexity index is 674. The third-order valence-corrected chi connectivity index (χ3v) is 3.46. The van der Waals surface area contributed by atoms with Crippen molar-refractivity contribution < 1.29 is 9.66 Å². The number of nitro benzene ring substituents is 1. The molecule has 110 valence electrons. The van der Waals surface area contributed by atoms with Crippen molar-refractivity contribution in [3.05, 3.63) is 62.7 Å². The van der Waals surface area contributed by atoms with Gasteiger partial charge in [0.1, 0.15) is 10.8 Å². The van der Waals surface area contributed by atoms with Crippen molar-refractivity contribution in [1.29, 1.82) is 0 Å². The highest BCUT2D eigenvalue weighted by Crippen LogP contribution is 2.31. The third kappa shape index (κ3) is 3.44. The van der Waals surface area contributed by atoms with E-state index in [4.69, 9.17) is 16.3 Å². The zero-order valence-electron chi connectivity index (χ0n) is 11.7. The summed E-state index contributed by atoms with van der Waals surface area (Å²) in [5, 5.41) is 14.2. The second-order valence-corrected chi connectivity index (χ2v) is 4.95. The fourth-order valence-electron chi connectivity index (χ4n) is 2.04. The van der Waals surface area contributed by atoms with Crippen LogP contribution in [-0.4, -0.2) is 12.0 Å². The lowest BCUT2D eigenvalue weighted by Crippen LogP contribution is -2.03.